The van der Waals surface area contributed by atoms with Crippen LogP contribution in [0.1, 0.15) is 17.5 Å². The fourth-order valence-electron chi connectivity index (χ4n) is 2.21. The van der Waals surface area contributed by atoms with Crippen LogP contribution >= 0.6 is 0 Å². The highest BCUT2D eigenvalue weighted by Crippen LogP contribution is 2.22. The number of nitrogens with one attached hydrogen (secondary N) is 1. The van der Waals surface area contributed by atoms with E-state index in [2.05, 4.69) is 10.1 Å². The van der Waals surface area contributed by atoms with Crippen LogP contribution in [-0.2, 0) is 32.0 Å². The topological polar surface area (TPSA) is 64.6 Å². The normalized spacial score (nSPS) is 15.7. The van der Waals surface area contributed by atoms with Crippen LogP contribution in [0.25, 0.3) is 0 Å². The summed E-state index contributed by atoms with van der Waals surface area (Å²) in [6.07, 6.45) is 0.491. The molecular weight excluding hydrogens is 258 g/mol. The van der Waals surface area contributed by atoms with E-state index >= 15 is 0 Å². The summed E-state index contributed by atoms with van der Waals surface area (Å²) >= 11 is 0. The van der Waals surface area contributed by atoms with Gasteiger partial charge in [0.2, 0.25) is 0 Å². The summed E-state index contributed by atoms with van der Waals surface area (Å²) in [6, 6.07) is 7.99. The number of allylic oxidation sites excluding steroid dienone is 1. The zero-order valence-corrected chi connectivity index (χ0v) is 11.6. The first kappa shape index (κ1) is 14.1. The summed E-state index contributed by atoms with van der Waals surface area (Å²) in [5.74, 6) is -0.962. The molecule has 0 saturated heterocycles. The van der Waals surface area contributed by atoms with Crippen LogP contribution in [0.2, 0.25) is 0 Å². The van der Waals surface area contributed by atoms with E-state index in [4.69, 9.17) is 4.74 Å². The Bertz CT molecular complexity index is 563. The van der Waals surface area contributed by atoms with Gasteiger partial charge in [-0.1, -0.05) is 24.3 Å². The number of ether oxygens (including phenoxy) is 2. The average Bonchev–Trinajstić information content (AvgIpc) is 2.51. The molecule has 0 spiro atoms. The van der Waals surface area contributed by atoms with E-state index in [1.165, 1.54) is 19.8 Å². The van der Waals surface area contributed by atoms with Gasteiger partial charge in [-0.3, -0.25) is 4.79 Å². The number of hydrogen-bond donors (Lipinski definition) is 1. The second kappa shape index (κ2) is 6.23. The number of fused-ring (bicyclic) bond motifs is 1. The van der Waals surface area contributed by atoms with Crippen molar-refractivity contribution < 1.29 is 19.1 Å². The summed E-state index contributed by atoms with van der Waals surface area (Å²) in [4.78, 5) is 23.3. The van der Waals surface area contributed by atoms with Gasteiger partial charge in [-0.05, 0) is 11.1 Å². The van der Waals surface area contributed by atoms with E-state index in [1.54, 1.807) is 0 Å². The maximum Gasteiger partial charge on any atom is 0.336 e. The molecule has 5 heteroatoms. The van der Waals surface area contributed by atoms with Crippen molar-refractivity contribution in [1.82, 2.24) is 5.32 Å². The zero-order valence-electron chi connectivity index (χ0n) is 11.6. The third-order valence-corrected chi connectivity index (χ3v) is 3.32. The van der Waals surface area contributed by atoms with E-state index < -0.39 is 11.9 Å². The molecule has 0 atom stereocenters. The third kappa shape index (κ3) is 2.99. The van der Waals surface area contributed by atoms with E-state index in [1.807, 2.05) is 24.3 Å². The van der Waals surface area contributed by atoms with Crippen molar-refractivity contribution in [2.75, 3.05) is 14.2 Å². The summed E-state index contributed by atoms with van der Waals surface area (Å²) in [6.45, 7) is 0.632. The Kier molecular flexibility index (Phi) is 4.40. The first-order valence-electron chi connectivity index (χ1n) is 6.33. The number of carbonyl (C=O) groups is 2. The number of methoxy groups -OCH3 is 2. The highest BCUT2D eigenvalue weighted by molar-refractivity contribution is 5.94. The Morgan fingerprint density at radius 1 is 1.15 bits per heavy atom. The van der Waals surface area contributed by atoms with Crippen molar-refractivity contribution in [2.45, 2.75) is 19.4 Å². The highest BCUT2D eigenvalue weighted by Gasteiger charge is 2.23. The Labute approximate surface area is 117 Å². The predicted molar refractivity (Wildman–Crippen MR) is 72.7 cm³/mol. The Morgan fingerprint density at radius 2 is 1.85 bits per heavy atom. The van der Waals surface area contributed by atoms with Crippen molar-refractivity contribution >= 4 is 11.9 Å². The number of carbonyl (C=O) groups excluding carboxylic acids is 2. The fraction of sp³-hybridized carbons (Fsp3) is 0.333. The molecule has 0 amide bonds. The molecule has 0 aromatic heterocycles. The standard InChI is InChI=1S/C15H17NO4/c1-19-14(17)8-12(15(18)20-2)13-7-10-5-3-4-6-11(10)9-16-13/h3-6,16H,7-9H2,1-2H3. The summed E-state index contributed by atoms with van der Waals surface area (Å²) < 4.78 is 9.38. The summed E-state index contributed by atoms with van der Waals surface area (Å²) in [5.41, 5.74) is 3.39. The van der Waals surface area contributed by atoms with Gasteiger partial charge in [0.25, 0.3) is 0 Å². The third-order valence-electron chi connectivity index (χ3n) is 3.32. The molecule has 1 aromatic carbocycles. The van der Waals surface area contributed by atoms with Gasteiger partial charge < -0.3 is 14.8 Å². The monoisotopic (exact) mass is 275 g/mol. The van der Waals surface area contributed by atoms with Crippen LogP contribution in [0.15, 0.2) is 35.5 Å². The molecule has 2 rings (SSSR count). The molecule has 5 nitrogen and oxygen atoms in total. The molecule has 1 heterocycles. The quantitative estimate of drug-likeness (QED) is 0.666. The minimum Gasteiger partial charge on any atom is -0.469 e. The Hall–Kier alpha value is -2.30. The van der Waals surface area contributed by atoms with Gasteiger partial charge in [0.1, 0.15) is 0 Å². The first-order valence-corrected chi connectivity index (χ1v) is 6.33. The molecule has 1 aliphatic heterocycles. The lowest BCUT2D eigenvalue weighted by Crippen LogP contribution is -2.26. The molecule has 106 valence electrons. The molecule has 0 unspecified atom stereocenters. The maximum absolute atomic E-state index is 11.8. The van der Waals surface area contributed by atoms with Gasteiger partial charge in [-0.2, -0.15) is 0 Å². The number of rotatable bonds is 3. The molecular formula is C15H17NO4. The molecule has 0 fully saturated rings. The minimum absolute atomic E-state index is 0.0896. The molecule has 1 N–H and O–H groups in total. The van der Waals surface area contributed by atoms with Crippen molar-refractivity contribution in [2.24, 2.45) is 0 Å². The first-order chi connectivity index (χ1) is 9.65. The molecule has 0 bridgehead atoms. The van der Waals surface area contributed by atoms with E-state index in [9.17, 15) is 9.59 Å². The largest absolute Gasteiger partial charge is 0.469 e. The van der Waals surface area contributed by atoms with Crippen molar-refractivity contribution in [3.05, 3.63) is 46.7 Å². The maximum atomic E-state index is 11.8. The highest BCUT2D eigenvalue weighted by atomic mass is 16.5. The van der Waals surface area contributed by atoms with E-state index in [0.717, 1.165) is 11.3 Å². The van der Waals surface area contributed by atoms with Crippen LogP contribution in [0.3, 0.4) is 0 Å². The van der Waals surface area contributed by atoms with Crippen molar-refractivity contribution in [3.63, 3.8) is 0 Å². The van der Waals surface area contributed by atoms with Gasteiger partial charge in [-0.15, -0.1) is 0 Å². The zero-order chi connectivity index (χ0) is 14.5. The van der Waals surface area contributed by atoms with Gasteiger partial charge in [-0.25, -0.2) is 4.79 Å². The van der Waals surface area contributed by atoms with Crippen LogP contribution < -0.4 is 5.32 Å². The van der Waals surface area contributed by atoms with Crippen LogP contribution in [0.4, 0.5) is 0 Å². The van der Waals surface area contributed by atoms with E-state index in [-0.39, 0.29) is 6.42 Å². The Morgan fingerprint density at radius 3 is 2.50 bits per heavy atom. The van der Waals surface area contributed by atoms with Gasteiger partial charge in [0.05, 0.1) is 26.2 Å². The number of benzene rings is 1. The molecule has 1 aromatic rings. The number of esters is 2. The number of hydrogen-bond acceptors (Lipinski definition) is 5. The minimum atomic E-state index is -0.503. The Balaban J connectivity index is 2.32. The molecule has 20 heavy (non-hydrogen) atoms. The van der Waals surface area contributed by atoms with Crippen molar-refractivity contribution in [1.29, 1.82) is 0 Å². The molecule has 0 aliphatic carbocycles. The smallest absolute Gasteiger partial charge is 0.336 e. The molecule has 0 radical (unpaired) electrons. The van der Waals surface area contributed by atoms with Gasteiger partial charge in [0, 0.05) is 18.7 Å². The predicted octanol–water partition coefficient (Wildman–Crippen LogP) is 1.32. The second-order valence-electron chi connectivity index (χ2n) is 4.50. The van der Waals surface area contributed by atoms with Gasteiger partial charge >= 0.3 is 11.9 Å². The summed E-state index contributed by atoms with van der Waals surface area (Å²) in [7, 11) is 2.60. The lowest BCUT2D eigenvalue weighted by atomic mass is 9.95. The molecule has 1 aliphatic rings. The fourth-order valence-corrected chi connectivity index (χ4v) is 2.21. The lowest BCUT2D eigenvalue weighted by Gasteiger charge is -2.23. The second-order valence-corrected chi connectivity index (χ2v) is 4.50. The van der Waals surface area contributed by atoms with Crippen LogP contribution in [-0.4, -0.2) is 26.2 Å². The van der Waals surface area contributed by atoms with Gasteiger partial charge in [0.15, 0.2) is 0 Å². The lowest BCUT2D eigenvalue weighted by molar-refractivity contribution is -0.143. The average molecular weight is 275 g/mol. The summed E-state index contributed by atoms with van der Waals surface area (Å²) in [5, 5.41) is 3.19. The van der Waals surface area contributed by atoms with Crippen molar-refractivity contribution in [3.8, 4) is 0 Å². The van der Waals surface area contributed by atoms with Crippen LogP contribution in [0.5, 0.6) is 0 Å². The van der Waals surface area contributed by atoms with E-state index in [0.29, 0.717) is 18.5 Å². The SMILES string of the molecule is COC(=O)CC(C(=O)OC)=C1Cc2ccccc2CN1. The molecule has 0 saturated carbocycles. The van der Waals surface area contributed by atoms with Crippen LogP contribution in [0, 0.1) is 0 Å².